The molecule has 1 aliphatic rings. The molecule has 118 valence electrons. The van der Waals surface area contributed by atoms with Gasteiger partial charge in [0.2, 0.25) is 5.95 Å². The Kier molecular flexibility index (Phi) is 4.16. The third-order valence-corrected chi connectivity index (χ3v) is 4.13. The van der Waals surface area contributed by atoms with Crippen molar-refractivity contribution in [3.63, 3.8) is 0 Å². The maximum absolute atomic E-state index is 14.5. The maximum atomic E-state index is 14.5. The Labute approximate surface area is 131 Å². The minimum atomic E-state index is -0.437. The van der Waals surface area contributed by atoms with Gasteiger partial charge in [-0.2, -0.15) is 14.5 Å². The van der Waals surface area contributed by atoms with Gasteiger partial charge in [-0.05, 0) is 6.26 Å². The Morgan fingerprint density at radius 3 is 2.95 bits per heavy atom. The maximum Gasteiger partial charge on any atom is 0.223 e. The van der Waals surface area contributed by atoms with Crippen molar-refractivity contribution >= 4 is 23.5 Å². The van der Waals surface area contributed by atoms with Crippen LogP contribution in [-0.4, -0.2) is 45.7 Å². The second kappa shape index (κ2) is 6.09. The Morgan fingerprint density at radius 2 is 2.27 bits per heavy atom. The number of nitrogens with zero attached hydrogens (tertiary/aromatic N) is 5. The molecule has 3 heterocycles. The number of hydrogen-bond donors (Lipinski definition) is 1. The number of nitrogens with two attached hydrogens (primary N) is 1. The molecule has 2 N–H and O–H groups in total. The average Bonchev–Trinajstić information content (AvgIpc) is 2.96. The molecule has 1 atom stereocenters. The van der Waals surface area contributed by atoms with Crippen molar-refractivity contribution in [2.45, 2.75) is 11.1 Å². The third-order valence-electron chi connectivity index (χ3n) is 3.48. The largest absolute Gasteiger partial charge is 0.370 e. The fourth-order valence-corrected chi connectivity index (χ4v) is 2.88. The van der Waals surface area contributed by atoms with Crippen LogP contribution in [0.15, 0.2) is 17.4 Å². The van der Waals surface area contributed by atoms with Gasteiger partial charge in [-0.1, -0.05) is 0 Å². The number of thioether (sulfide) groups is 1. The fourth-order valence-electron chi connectivity index (χ4n) is 2.43. The lowest BCUT2D eigenvalue weighted by Crippen LogP contribution is -2.39. The minimum absolute atomic E-state index is 0.0742. The number of anilines is 2. The van der Waals surface area contributed by atoms with Crippen molar-refractivity contribution in [1.29, 1.82) is 0 Å². The van der Waals surface area contributed by atoms with Gasteiger partial charge in [0.15, 0.2) is 11.6 Å². The summed E-state index contributed by atoms with van der Waals surface area (Å²) in [5.41, 5.74) is 6.64. The Hall–Kier alpha value is -1.87. The van der Waals surface area contributed by atoms with Gasteiger partial charge in [-0.15, -0.1) is 11.8 Å². The SMILES string of the molecule is CSc1nc(N)nc(N2CCO[C@@H](c3cnn(C)c3)C2)c1F. The molecule has 1 fully saturated rings. The second-order valence-electron chi connectivity index (χ2n) is 4.98. The molecule has 0 unspecified atom stereocenters. The van der Waals surface area contributed by atoms with Crippen molar-refractivity contribution in [2.24, 2.45) is 7.05 Å². The number of rotatable bonds is 3. The molecular formula is C13H17FN6OS. The zero-order valence-corrected chi connectivity index (χ0v) is 13.2. The van der Waals surface area contributed by atoms with Gasteiger partial charge in [0.05, 0.1) is 19.3 Å². The Morgan fingerprint density at radius 1 is 1.45 bits per heavy atom. The predicted octanol–water partition coefficient (Wildman–Crippen LogP) is 1.23. The highest BCUT2D eigenvalue weighted by atomic mass is 32.2. The Balaban J connectivity index is 1.87. The van der Waals surface area contributed by atoms with Gasteiger partial charge < -0.3 is 15.4 Å². The summed E-state index contributed by atoms with van der Waals surface area (Å²) < 4.78 is 21.9. The van der Waals surface area contributed by atoms with E-state index < -0.39 is 5.82 Å². The molecule has 2 aromatic heterocycles. The third kappa shape index (κ3) is 2.86. The van der Waals surface area contributed by atoms with Crippen molar-refractivity contribution in [3.05, 3.63) is 23.8 Å². The van der Waals surface area contributed by atoms with E-state index in [2.05, 4.69) is 15.1 Å². The number of aromatic nitrogens is 4. The zero-order chi connectivity index (χ0) is 15.7. The van der Waals surface area contributed by atoms with Gasteiger partial charge in [0.1, 0.15) is 11.1 Å². The first-order chi connectivity index (χ1) is 10.6. The minimum Gasteiger partial charge on any atom is -0.370 e. The smallest absolute Gasteiger partial charge is 0.223 e. The predicted molar refractivity (Wildman–Crippen MR) is 82.3 cm³/mol. The van der Waals surface area contributed by atoms with Gasteiger partial charge in [-0.3, -0.25) is 4.68 Å². The summed E-state index contributed by atoms with van der Waals surface area (Å²) in [5, 5.41) is 4.40. The standard InChI is InChI=1S/C13H17FN6OS/c1-19-6-8(5-16-19)9-7-20(3-4-21-9)11-10(14)12(22-2)18-13(15)17-11/h5-6,9H,3-4,7H2,1-2H3,(H2,15,17,18)/t9-/m1/s1. The number of hydrogen-bond acceptors (Lipinski definition) is 7. The number of ether oxygens (including phenoxy) is 1. The molecule has 1 saturated heterocycles. The monoisotopic (exact) mass is 324 g/mol. The molecule has 0 radical (unpaired) electrons. The quantitative estimate of drug-likeness (QED) is 0.671. The molecule has 0 spiro atoms. The first-order valence-corrected chi connectivity index (χ1v) is 8.03. The topological polar surface area (TPSA) is 82.1 Å². The lowest BCUT2D eigenvalue weighted by atomic mass is 10.1. The number of nitrogen functional groups attached to an aromatic ring is 1. The summed E-state index contributed by atoms with van der Waals surface area (Å²) in [6.45, 7) is 1.53. The van der Waals surface area contributed by atoms with Crippen molar-refractivity contribution in [1.82, 2.24) is 19.7 Å². The first-order valence-electron chi connectivity index (χ1n) is 6.80. The lowest BCUT2D eigenvalue weighted by molar-refractivity contribution is 0.0392. The van der Waals surface area contributed by atoms with E-state index in [9.17, 15) is 4.39 Å². The van der Waals surface area contributed by atoms with Crippen LogP contribution >= 0.6 is 11.8 Å². The average molecular weight is 324 g/mol. The summed E-state index contributed by atoms with van der Waals surface area (Å²) in [6, 6.07) is 0. The van der Waals surface area contributed by atoms with Gasteiger partial charge in [0.25, 0.3) is 0 Å². The summed E-state index contributed by atoms with van der Waals surface area (Å²) in [4.78, 5) is 9.82. The van der Waals surface area contributed by atoms with Crippen LogP contribution in [0.5, 0.6) is 0 Å². The van der Waals surface area contributed by atoms with Gasteiger partial charge >= 0.3 is 0 Å². The van der Waals surface area contributed by atoms with E-state index in [-0.39, 0.29) is 22.9 Å². The van der Waals surface area contributed by atoms with E-state index in [1.54, 1.807) is 17.1 Å². The molecular weight excluding hydrogens is 307 g/mol. The molecule has 1 aliphatic heterocycles. The first kappa shape index (κ1) is 15.0. The molecule has 0 saturated carbocycles. The van der Waals surface area contributed by atoms with Crippen LogP contribution in [0.2, 0.25) is 0 Å². The molecule has 0 bridgehead atoms. The number of aryl methyl sites for hydroxylation is 1. The molecule has 0 amide bonds. The van der Waals surface area contributed by atoms with Crippen LogP contribution in [0.25, 0.3) is 0 Å². The van der Waals surface area contributed by atoms with Crippen LogP contribution < -0.4 is 10.6 Å². The highest BCUT2D eigenvalue weighted by molar-refractivity contribution is 7.98. The second-order valence-corrected chi connectivity index (χ2v) is 5.78. The summed E-state index contributed by atoms with van der Waals surface area (Å²) in [7, 11) is 1.85. The van der Waals surface area contributed by atoms with E-state index in [4.69, 9.17) is 10.5 Å². The summed E-state index contributed by atoms with van der Waals surface area (Å²) in [6.07, 6.45) is 5.24. The van der Waals surface area contributed by atoms with E-state index in [0.29, 0.717) is 19.7 Å². The van der Waals surface area contributed by atoms with Crippen molar-refractivity contribution in [3.8, 4) is 0 Å². The highest BCUT2D eigenvalue weighted by Crippen LogP contribution is 2.30. The van der Waals surface area contributed by atoms with E-state index in [0.717, 1.165) is 5.56 Å². The molecule has 3 rings (SSSR count). The van der Waals surface area contributed by atoms with Gasteiger partial charge in [-0.25, -0.2) is 4.98 Å². The van der Waals surface area contributed by atoms with Crippen LogP contribution in [0.1, 0.15) is 11.7 Å². The molecule has 0 aliphatic carbocycles. The Bertz CT molecular complexity index is 679. The summed E-state index contributed by atoms with van der Waals surface area (Å²) in [5.74, 6) is -0.132. The highest BCUT2D eigenvalue weighted by Gasteiger charge is 2.27. The fraction of sp³-hybridized carbons (Fsp3) is 0.462. The van der Waals surface area contributed by atoms with Crippen LogP contribution in [0.3, 0.4) is 0 Å². The zero-order valence-electron chi connectivity index (χ0n) is 12.4. The lowest BCUT2D eigenvalue weighted by Gasteiger charge is -2.33. The number of halogens is 1. The van der Waals surface area contributed by atoms with Crippen LogP contribution in [-0.2, 0) is 11.8 Å². The normalized spacial score (nSPS) is 18.7. The molecule has 22 heavy (non-hydrogen) atoms. The van der Waals surface area contributed by atoms with Crippen LogP contribution in [0, 0.1) is 5.82 Å². The van der Waals surface area contributed by atoms with Crippen molar-refractivity contribution in [2.75, 3.05) is 36.6 Å². The molecule has 9 heteroatoms. The van der Waals surface area contributed by atoms with Crippen LogP contribution in [0.4, 0.5) is 16.2 Å². The molecule has 2 aromatic rings. The van der Waals surface area contributed by atoms with E-state index in [1.165, 1.54) is 11.8 Å². The molecule has 0 aromatic carbocycles. The summed E-state index contributed by atoms with van der Waals surface area (Å²) >= 11 is 1.21. The molecule has 7 nitrogen and oxygen atoms in total. The van der Waals surface area contributed by atoms with Gasteiger partial charge in [0, 0.05) is 25.4 Å². The van der Waals surface area contributed by atoms with E-state index in [1.807, 2.05) is 18.1 Å². The van der Waals surface area contributed by atoms with E-state index >= 15 is 0 Å². The van der Waals surface area contributed by atoms with Crippen molar-refractivity contribution < 1.29 is 9.13 Å². The number of morpholine rings is 1.